The number of hydrogen-bond acceptors (Lipinski definition) is 6. The van der Waals surface area contributed by atoms with E-state index < -0.39 is 10.0 Å². The van der Waals surface area contributed by atoms with E-state index >= 15 is 0 Å². The molecule has 0 spiro atoms. The van der Waals surface area contributed by atoms with Crippen LogP contribution in [0.5, 0.6) is 0 Å². The zero-order valence-corrected chi connectivity index (χ0v) is 23.0. The number of hydrogen-bond donors (Lipinski definition) is 0. The van der Waals surface area contributed by atoms with Crippen molar-refractivity contribution in [3.05, 3.63) is 113 Å². The molecule has 0 atom stereocenters. The van der Waals surface area contributed by atoms with Gasteiger partial charge in [0.1, 0.15) is 0 Å². The molecular formula is C28H23ClN4O3S2. The van der Waals surface area contributed by atoms with Crippen LogP contribution in [0.4, 0.5) is 10.8 Å². The van der Waals surface area contributed by atoms with Gasteiger partial charge in [0.15, 0.2) is 5.13 Å². The second-order valence-corrected chi connectivity index (χ2v) is 11.9. The Morgan fingerprint density at radius 1 is 0.947 bits per heavy atom. The molecule has 0 aliphatic rings. The molecule has 10 heteroatoms. The van der Waals surface area contributed by atoms with E-state index in [9.17, 15) is 13.2 Å². The van der Waals surface area contributed by atoms with Gasteiger partial charge < -0.3 is 0 Å². The lowest BCUT2D eigenvalue weighted by molar-refractivity contribution is 0.0984. The van der Waals surface area contributed by atoms with Gasteiger partial charge in [0.2, 0.25) is 0 Å². The van der Waals surface area contributed by atoms with Crippen LogP contribution in [0, 0.1) is 6.92 Å². The van der Waals surface area contributed by atoms with E-state index in [4.69, 9.17) is 16.6 Å². The van der Waals surface area contributed by atoms with Crippen molar-refractivity contribution in [2.45, 2.75) is 18.4 Å². The third-order valence-corrected chi connectivity index (χ3v) is 9.39. The van der Waals surface area contributed by atoms with Gasteiger partial charge >= 0.3 is 0 Å². The lowest BCUT2D eigenvalue weighted by Crippen LogP contribution is -2.31. The highest BCUT2D eigenvalue weighted by Gasteiger charge is 2.25. The number of anilines is 2. The second-order valence-electron chi connectivity index (χ2n) is 8.56. The highest BCUT2D eigenvalue weighted by Crippen LogP contribution is 2.35. The van der Waals surface area contributed by atoms with E-state index in [2.05, 4.69) is 4.98 Å². The van der Waals surface area contributed by atoms with Gasteiger partial charge in [-0.3, -0.25) is 19.0 Å². The van der Waals surface area contributed by atoms with E-state index in [1.807, 2.05) is 43.3 Å². The van der Waals surface area contributed by atoms with Gasteiger partial charge in [-0.25, -0.2) is 13.4 Å². The number of rotatable bonds is 7. The lowest BCUT2D eigenvalue weighted by Gasteiger charge is -2.21. The predicted molar refractivity (Wildman–Crippen MR) is 153 cm³/mol. The summed E-state index contributed by atoms with van der Waals surface area (Å²) in [7, 11) is -2.31. The molecule has 0 radical (unpaired) electrons. The van der Waals surface area contributed by atoms with Crippen molar-refractivity contribution >= 4 is 59.9 Å². The van der Waals surface area contributed by atoms with Gasteiger partial charge in [-0.05, 0) is 73.2 Å². The number of carbonyl (C=O) groups is 1. The Labute approximate surface area is 230 Å². The monoisotopic (exact) mass is 562 g/mol. The molecule has 0 unspecified atom stereocenters. The van der Waals surface area contributed by atoms with Gasteiger partial charge in [0.25, 0.3) is 15.9 Å². The number of halogens is 1. The summed E-state index contributed by atoms with van der Waals surface area (Å²) in [5.74, 6) is -0.321. The van der Waals surface area contributed by atoms with Crippen LogP contribution in [0.15, 0.2) is 96.0 Å². The standard InChI is InChI=1S/C28H23ClN4O3S2/c1-19-24(29)15-16-25-26(19)31-28(37-25)33(18-21-8-6-7-17-30-21)27(34)20-11-13-23(14-12-20)38(35,36)32(2)22-9-4-3-5-10-22/h3-17H,18H2,1-2H3. The van der Waals surface area contributed by atoms with Crippen molar-refractivity contribution < 1.29 is 13.2 Å². The molecule has 38 heavy (non-hydrogen) atoms. The molecule has 0 fully saturated rings. The van der Waals surface area contributed by atoms with Crippen LogP contribution in [0.2, 0.25) is 5.02 Å². The number of pyridine rings is 1. The third kappa shape index (κ3) is 5.00. The summed E-state index contributed by atoms with van der Waals surface area (Å²) >= 11 is 7.68. The van der Waals surface area contributed by atoms with Crippen LogP contribution in [0.1, 0.15) is 21.6 Å². The van der Waals surface area contributed by atoms with Gasteiger partial charge in [-0.1, -0.05) is 47.2 Å². The maximum Gasteiger partial charge on any atom is 0.264 e. The average molecular weight is 563 g/mol. The first-order valence-corrected chi connectivity index (χ1v) is 14.3. The fourth-order valence-corrected chi connectivity index (χ4v) is 6.32. The van der Waals surface area contributed by atoms with E-state index in [-0.39, 0.29) is 17.3 Å². The van der Waals surface area contributed by atoms with Crippen molar-refractivity contribution in [3.63, 3.8) is 0 Å². The fraction of sp³-hybridized carbons (Fsp3) is 0.107. The fourth-order valence-electron chi connectivity index (χ4n) is 3.94. The summed E-state index contributed by atoms with van der Waals surface area (Å²) in [6, 6.07) is 24.0. The number of nitrogens with zero attached hydrogens (tertiary/aromatic N) is 4. The quantitative estimate of drug-likeness (QED) is 0.231. The maximum atomic E-state index is 13.8. The molecule has 0 aliphatic heterocycles. The molecule has 192 valence electrons. The van der Waals surface area contributed by atoms with Crippen LogP contribution in [0.25, 0.3) is 10.2 Å². The molecule has 5 aromatic rings. The molecule has 5 rings (SSSR count). The molecule has 0 saturated carbocycles. The Morgan fingerprint density at radius 2 is 1.66 bits per heavy atom. The predicted octanol–water partition coefficient (Wildman–Crippen LogP) is 6.33. The Hall–Kier alpha value is -3.79. The summed E-state index contributed by atoms with van der Waals surface area (Å²) in [5.41, 5.74) is 3.14. The molecule has 0 saturated heterocycles. The lowest BCUT2D eigenvalue weighted by atomic mass is 10.2. The van der Waals surface area contributed by atoms with E-state index in [1.165, 1.54) is 47.0 Å². The van der Waals surface area contributed by atoms with Crippen LogP contribution in [-0.2, 0) is 16.6 Å². The zero-order valence-electron chi connectivity index (χ0n) is 20.6. The van der Waals surface area contributed by atoms with Crippen molar-refractivity contribution in [2.75, 3.05) is 16.3 Å². The van der Waals surface area contributed by atoms with Crippen LogP contribution >= 0.6 is 22.9 Å². The number of thiazole rings is 1. The molecule has 1 amide bonds. The van der Waals surface area contributed by atoms with Crippen molar-refractivity contribution in [3.8, 4) is 0 Å². The largest absolute Gasteiger partial charge is 0.278 e. The Bertz CT molecular complexity index is 1710. The first kappa shape index (κ1) is 25.8. The summed E-state index contributed by atoms with van der Waals surface area (Å²) in [6.07, 6.45) is 1.67. The SMILES string of the molecule is Cc1c(Cl)ccc2sc(N(Cc3ccccn3)C(=O)c3ccc(S(=O)(=O)N(C)c4ccccc4)cc3)nc12. The molecular weight excluding hydrogens is 540 g/mol. The van der Waals surface area contributed by atoms with Crippen molar-refractivity contribution in [1.82, 2.24) is 9.97 Å². The smallest absolute Gasteiger partial charge is 0.264 e. The molecule has 2 heterocycles. The number of sulfonamides is 1. The van der Waals surface area contributed by atoms with Crippen LogP contribution < -0.4 is 9.21 Å². The maximum absolute atomic E-state index is 13.8. The third-order valence-electron chi connectivity index (χ3n) is 6.14. The van der Waals surface area contributed by atoms with E-state index in [0.717, 1.165) is 15.8 Å². The Balaban J connectivity index is 1.49. The molecule has 0 bridgehead atoms. The zero-order chi connectivity index (χ0) is 26.9. The van der Waals surface area contributed by atoms with Crippen molar-refractivity contribution in [2.24, 2.45) is 0 Å². The Kier molecular flexibility index (Phi) is 7.16. The summed E-state index contributed by atoms with van der Waals surface area (Å²) in [4.78, 5) is 24.5. The number of carbonyl (C=O) groups excluding carboxylic acids is 1. The molecule has 2 aromatic heterocycles. The number of amides is 1. The van der Waals surface area contributed by atoms with Gasteiger partial charge in [0, 0.05) is 23.8 Å². The van der Waals surface area contributed by atoms with Gasteiger partial charge in [-0.15, -0.1) is 0 Å². The van der Waals surface area contributed by atoms with Crippen LogP contribution in [-0.4, -0.2) is 31.3 Å². The first-order valence-electron chi connectivity index (χ1n) is 11.7. The molecule has 3 aromatic carbocycles. The average Bonchev–Trinajstić information content (AvgIpc) is 3.39. The normalized spacial score (nSPS) is 11.4. The van der Waals surface area contributed by atoms with Gasteiger partial charge in [0.05, 0.1) is 33.0 Å². The van der Waals surface area contributed by atoms with Crippen LogP contribution in [0.3, 0.4) is 0 Å². The number of para-hydroxylation sites is 1. The minimum atomic E-state index is -3.81. The highest BCUT2D eigenvalue weighted by molar-refractivity contribution is 7.92. The number of benzene rings is 3. The molecule has 7 nitrogen and oxygen atoms in total. The minimum absolute atomic E-state index is 0.0851. The highest BCUT2D eigenvalue weighted by atomic mass is 35.5. The van der Waals surface area contributed by atoms with Gasteiger partial charge in [-0.2, -0.15) is 0 Å². The molecule has 0 N–H and O–H groups in total. The summed E-state index contributed by atoms with van der Waals surface area (Å²) in [6.45, 7) is 2.09. The Morgan fingerprint density at radius 3 is 2.34 bits per heavy atom. The topological polar surface area (TPSA) is 83.5 Å². The van der Waals surface area contributed by atoms with E-state index in [0.29, 0.717) is 27.1 Å². The van der Waals surface area contributed by atoms with E-state index in [1.54, 1.807) is 35.4 Å². The minimum Gasteiger partial charge on any atom is -0.278 e. The summed E-state index contributed by atoms with van der Waals surface area (Å²) < 4.78 is 28.5. The number of aromatic nitrogens is 2. The molecule has 0 aliphatic carbocycles. The summed E-state index contributed by atoms with van der Waals surface area (Å²) in [5, 5.41) is 1.11. The second kappa shape index (κ2) is 10.5. The number of aryl methyl sites for hydroxylation is 1. The van der Waals surface area contributed by atoms with Crippen molar-refractivity contribution in [1.29, 1.82) is 0 Å². The first-order chi connectivity index (χ1) is 18.3. The number of fused-ring (bicyclic) bond motifs is 1.